The Hall–Kier alpha value is -1.12. The second-order valence-corrected chi connectivity index (χ2v) is 6.39. The highest BCUT2D eigenvalue weighted by atomic mass is 127. The van der Waals surface area contributed by atoms with Crippen LogP contribution < -0.4 is 10.6 Å². The van der Waals surface area contributed by atoms with E-state index in [-0.39, 0.29) is 24.0 Å². The molecule has 0 unspecified atom stereocenters. The van der Waals surface area contributed by atoms with E-state index in [9.17, 15) is 0 Å². The standard InChI is InChI=1S/C20H33N5.HI/c1-4-11-22-20(21-5-2)23-16-18-7-9-19(10-8-18)17-25-14-12-24(6-3)13-15-25;/h4,7-10H,1,5-6,11-17H2,2-3H3,(H2,21,22,23);1H. The van der Waals surface area contributed by atoms with Crippen LogP contribution in [0.3, 0.4) is 0 Å². The molecule has 1 aromatic rings. The topological polar surface area (TPSA) is 42.9 Å². The zero-order chi connectivity index (χ0) is 17.9. The van der Waals surface area contributed by atoms with Gasteiger partial charge in [-0.1, -0.05) is 37.3 Å². The lowest BCUT2D eigenvalue weighted by molar-refractivity contribution is 0.132. The molecule has 1 aromatic carbocycles. The largest absolute Gasteiger partial charge is 0.357 e. The van der Waals surface area contributed by atoms with Gasteiger partial charge in [0.15, 0.2) is 5.96 Å². The van der Waals surface area contributed by atoms with Crippen molar-refractivity contribution in [1.82, 2.24) is 20.4 Å². The minimum atomic E-state index is 0. The van der Waals surface area contributed by atoms with E-state index in [2.05, 4.69) is 70.1 Å². The Morgan fingerprint density at radius 3 is 2.23 bits per heavy atom. The zero-order valence-electron chi connectivity index (χ0n) is 16.2. The van der Waals surface area contributed by atoms with Crippen molar-refractivity contribution in [3.05, 3.63) is 48.0 Å². The first kappa shape index (κ1) is 22.9. The molecule has 1 saturated heterocycles. The Bertz CT molecular complexity index is 536. The minimum Gasteiger partial charge on any atom is -0.357 e. The van der Waals surface area contributed by atoms with Crippen LogP contribution in [0.1, 0.15) is 25.0 Å². The predicted octanol–water partition coefficient (Wildman–Crippen LogP) is 2.68. The number of benzene rings is 1. The number of piperazine rings is 1. The third-order valence-corrected chi connectivity index (χ3v) is 4.52. The number of nitrogens with one attached hydrogen (secondary N) is 2. The Kier molecular flexibility index (Phi) is 11.6. The second kappa shape index (κ2) is 13.1. The van der Waals surface area contributed by atoms with Crippen LogP contribution in [0.4, 0.5) is 0 Å². The lowest BCUT2D eigenvalue weighted by atomic mass is 10.1. The van der Waals surface area contributed by atoms with E-state index < -0.39 is 0 Å². The molecule has 5 nitrogen and oxygen atoms in total. The van der Waals surface area contributed by atoms with Gasteiger partial charge in [0.25, 0.3) is 0 Å². The Morgan fingerprint density at radius 2 is 1.65 bits per heavy atom. The SMILES string of the molecule is C=CCNC(=NCc1ccc(CN2CCN(CC)CC2)cc1)NCC.I. The molecule has 1 fully saturated rings. The third kappa shape index (κ3) is 8.05. The maximum absolute atomic E-state index is 4.62. The van der Waals surface area contributed by atoms with Crippen molar-refractivity contribution >= 4 is 29.9 Å². The van der Waals surface area contributed by atoms with Gasteiger partial charge in [0.2, 0.25) is 0 Å². The first-order chi connectivity index (χ1) is 12.2. The van der Waals surface area contributed by atoms with Crippen LogP contribution in [0.2, 0.25) is 0 Å². The van der Waals surface area contributed by atoms with E-state index in [1.54, 1.807) is 0 Å². The number of rotatable bonds is 8. The highest BCUT2D eigenvalue weighted by Gasteiger charge is 2.15. The fraction of sp³-hybridized carbons (Fsp3) is 0.550. The molecule has 0 aromatic heterocycles. The molecule has 6 heteroatoms. The normalized spacial score (nSPS) is 16.0. The smallest absolute Gasteiger partial charge is 0.191 e. The molecule has 0 spiro atoms. The van der Waals surface area contributed by atoms with Gasteiger partial charge in [-0.3, -0.25) is 4.90 Å². The summed E-state index contributed by atoms with van der Waals surface area (Å²) < 4.78 is 0. The third-order valence-electron chi connectivity index (χ3n) is 4.52. The number of guanidine groups is 1. The highest BCUT2D eigenvalue weighted by Crippen LogP contribution is 2.10. The molecule has 0 atom stereocenters. The van der Waals surface area contributed by atoms with Crippen LogP contribution in [-0.2, 0) is 13.1 Å². The van der Waals surface area contributed by atoms with Crippen molar-refractivity contribution in [3.63, 3.8) is 0 Å². The minimum absolute atomic E-state index is 0. The molecule has 0 amide bonds. The van der Waals surface area contributed by atoms with Crippen LogP contribution in [0.5, 0.6) is 0 Å². The van der Waals surface area contributed by atoms with E-state index in [1.807, 2.05) is 6.08 Å². The molecule has 2 rings (SSSR count). The summed E-state index contributed by atoms with van der Waals surface area (Å²) in [6.45, 7) is 17.2. The van der Waals surface area contributed by atoms with Crippen LogP contribution in [-0.4, -0.2) is 61.6 Å². The number of hydrogen-bond acceptors (Lipinski definition) is 3. The lowest BCUT2D eigenvalue weighted by Crippen LogP contribution is -2.45. The predicted molar refractivity (Wildman–Crippen MR) is 122 cm³/mol. The Labute approximate surface area is 176 Å². The average molecular weight is 471 g/mol. The number of aliphatic imine (C=N–C) groups is 1. The van der Waals surface area contributed by atoms with Gasteiger partial charge in [0, 0.05) is 45.8 Å². The Morgan fingerprint density at radius 1 is 1.04 bits per heavy atom. The number of hydrogen-bond donors (Lipinski definition) is 2. The number of halogens is 1. The first-order valence-electron chi connectivity index (χ1n) is 9.40. The summed E-state index contributed by atoms with van der Waals surface area (Å²) in [6.07, 6.45) is 1.84. The molecule has 0 saturated carbocycles. The van der Waals surface area contributed by atoms with Crippen molar-refractivity contribution in [2.75, 3.05) is 45.8 Å². The molecule has 1 aliphatic rings. The Balaban J connectivity index is 0.00000338. The summed E-state index contributed by atoms with van der Waals surface area (Å²) in [4.78, 5) is 9.67. The van der Waals surface area contributed by atoms with Gasteiger partial charge in [-0.15, -0.1) is 30.6 Å². The first-order valence-corrected chi connectivity index (χ1v) is 9.40. The molecule has 2 N–H and O–H groups in total. The molecule has 26 heavy (non-hydrogen) atoms. The van der Waals surface area contributed by atoms with Gasteiger partial charge in [0.1, 0.15) is 0 Å². The van der Waals surface area contributed by atoms with Gasteiger partial charge in [-0.05, 0) is 24.6 Å². The lowest BCUT2D eigenvalue weighted by Gasteiger charge is -2.34. The molecule has 0 bridgehead atoms. The fourth-order valence-electron chi connectivity index (χ4n) is 2.95. The summed E-state index contributed by atoms with van der Waals surface area (Å²) >= 11 is 0. The van der Waals surface area contributed by atoms with E-state index in [4.69, 9.17) is 0 Å². The molecular formula is C20H34IN5. The average Bonchev–Trinajstić information content (AvgIpc) is 2.66. The monoisotopic (exact) mass is 471 g/mol. The van der Waals surface area contributed by atoms with Gasteiger partial charge in [-0.25, -0.2) is 4.99 Å². The highest BCUT2D eigenvalue weighted by molar-refractivity contribution is 14.0. The van der Waals surface area contributed by atoms with Crippen molar-refractivity contribution < 1.29 is 0 Å². The van der Waals surface area contributed by atoms with Crippen molar-refractivity contribution in [1.29, 1.82) is 0 Å². The van der Waals surface area contributed by atoms with Crippen LogP contribution in [0, 0.1) is 0 Å². The summed E-state index contributed by atoms with van der Waals surface area (Å²) in [6, 6.07) is 8.86. The second-order valence-electron chi connectivity index (χ2n) is 6.39. The van der Waals surface area contributed by atoms with Crippen molar-refractivity contribution in [2.45, 2.75) is 26.9 Å². The maximum Gasteiger partial charge on any atom is 0.191 e. The van der Waals surface area contributed by atoms with E-state index in [1.165, 1.54) is 43.9 Å². The summed E-state index contributed by atoms with van der Waals surface area (Å²) in [5, 5.41) is 6.47. The molecule has 146 valence electrons. The van der Waals surface area contributed by atoms with E-state index in [0.29, 0.717) is 6.54 Å². The summed E-state index contributed by atoms with van der Waals surface area (Å²) in [5.41, 5.74) is 2.62. The summed E-state index contributed by atoms with van der Waals surface area (Å²) in [5.74, 6) is 0.834. The van der Waals surface area contributed by atoms with Gasteiger partial charge < -0.3 is 15.5 Å². The quantitative estimate of drug-likeness (QED) is 0.265. The van der Waals surface area contributed by atoms with Crippen LogP contribution in [0.25, 0.3) is 0 Å². The molecule has 0 radical (unpaired) electrons. The van der Waals surface area contributed by atoms with Gasteiger partial charge >= 0.3 is 0 Å². The van der Waals surface area contributed by atoms with Crippen molar-refractivity contribution in [3.8, 4) is 0 Å². The molecule has 0 aliphatic carbocycles. The number of likely N-dealkylation sites (N-methyl/N-ethyl adjacent to an activating group) is 1. The summed E-state index contributed by atoms with van der Waals surface area (Å²) in [7, 11) is 0. The van der Waals surface area contributed by atoms with Gasteiger partial charge in [-0.2, -0.15) is 0 Å². The molecular weight excluding hydrogens is 437 g/mol. The van der Waals surface area contributed by atoms with Crippen molar-refractivity contribution in [2.24, 2.45) is 4.99 Å². The van der Waals surface area contributed by atoms with Gasteiger partial charge in [0.05, 0.1) is 6.54 Å². The maximum atomic E-state index is 4.62. The van der Waals surface area contributed by atoms with E-state index >= 15 is 0 Å². The fourth-order valence-corrected chi connectivity index (χ4v) is 2.95. The van der Waals surface area contributed by atoms with Crippen LogP contribution >= 0.6 is 24.0 Å². The molecule has 1 heterocycles. The van der Waals surface area contributed by atoms with Crippen LogP contribution in [0.15, 0.2) is 41.9 Å². The van der Waals surface area contributed by atoms with E-state index in [0.717, 1.165) is 25.6 Å². The number of nitrogens with zero attached hydrogens (tertiary/aromatic N) is 3. The molecule has 1 aliphatic heterocycles. The zero-order valence-corrected chi connectivity index (χ0v) is 18.5.